The number of hydrogen-bond acceptors (Lipinski definition) is 6. The standard InChI is InChI=1S/C29H41N5O2/c1-19-26(31-18-32-27(19)30-17-20-5-7-21(8-6-20)29(2,3)4)28(36)33-13-11-22(12-14-33)34-23-9-10-24(34)16-25(35)15-23/h5-8,18,22-25,35H,9-17H2,1-4H3,(H,30,31,32). The summed E-state index contributed by atoms with van der Waals surface area (Å²) in [6.07, 6.45) is 7.58. The second-order valence-electron chi connectivity index (χ2n) is 12.0. The van der Waals surface area contributed by atoms with E-state index in [9.17, 15) is 9.90 Å². The number of carbonyl (C=O) groups is 1. The molecular formula is C29H41N5O2. The first kappa shape index (κ1) is 25.2. The van der Waals surface area contributed by atoms with E-state index in [2.05, 4.69) is 65.2 Å². The third-order valence-corrected chi connectivity index (χ3v) is 8.50. The van der Waals surface area contributed by atoms with Gasteiger partial charge >= 0.3 is 0 Å². The Morgan fingerprint density at radius 3 is 2.25 bits per heavy atom. The molecule has 0 saturated carbocycles. The van der Waals surface area contributed by atoms with Gasteiger partial charge in [-0.3, -0.25) is 9.69 Å². The van der Waals surface area contributed by atoms with Crippen molar-refractivity contribution in [3.8, 4) is 0 Å². The Morgan fingerprint density at radius 1 is 1.00 bits per heavy atom. The molecule has 7 heteroatoms. The van der Waals surface area contributed by atoms with Crippen molar-refractivity contribution in [2.24, 2.45) is 0 Å². The smallest absolute Gasteiger partial charge is 0.272 e. The molecule has 2 bridgehead atoms. The maximum absolute atomic E-state index is 13.4. The van der Waals surface area contributed by atoms with Gasteiger partial charge in [0.25, 0.3) is 5.91 Å². The largest absolute Gasteiger partial charge is 0.393 e. The van der Waals surface area contributed by atoms with E-state index in [0.717, 1.165) is 44.3 Å². The quantitative estimate of drug-likeness (QED) is 0.650. The molecule has 2 aromatic rings. The maximum Gasteiger partial charge on any atom is 0.272 e. The van der Waals surface area contributed by atoms with Crippen molar-refractivity contribution in [2.45, 2.75) is 102 Å². The average molecular weight is 492 g/mol. The van der Waals surface area contributed by atoms with Gasteiger partial charge in [0.15, 0.2) is 0 Å². The summed E-state index contributed by atoms with van der Waals surface area (Å²) in [6, 6.07) is 10.2. The Hall–Kier alpha value is -2.51. The summed E-state index contributed by atoms with van der Waals surface area (Å²) in [6.45, 7) is 10.7. The zero-order valence-corrected chi connectivity index (χ0v) is 22.2. The van der Waals surface area contributed by atoms with Crippen molar-refractivity contribution in [1.29, 1.82) is 0 Å². The highest BCUT2D eigenvalue weighted by Gasteiger charge is 2.44. The van der Waals surface area contributed by atoms with Crippen LogP contribution in [0, 0.1) is 6.92 Å². The summed E-state index contributed by atoms with van der Waals surface area (Å²) in [5.41, 5.74) is 3.92. The minimum absolute atomic E-state index is 0.00275. The molecule has 1 aromatic carbocycles. The van der Waals surface area contributed by atoms with E-state index < -0.39 is 0 Å². The van der Waals surface area contributed by atoms with Crippen molar-refractivity contribution < 1.29 is 9.90 Å². The Bertz CT molecular complexity index is 1060. The zero-order chi connectivity index (χ0) is 25.4. The predicted molar refractivity (Wildman–Crippen MR) is 142 cm³/mol. The Kier molecular flexibility index (Phi) is 7.05. The highest BCUT2D eigenvalue weighted by Crippen LogP contribution is 2.39. The first-order valence-electron chi connectivity index (χ1n) is 13.6. The van der Waals surface area contributed by atoms with Gasteiger partial charge in [0.2, 0.25) is 0 Å². The van der Waals surface area contributed by atoms with Crippen LogP contribution in [0.4, 0.5) is 5.82 Å². The van der Waals surface area contributed by atoms with Gasteiger partial charge in [-0.1, -0.05) is 45.0 Å². The fourth-order valence-electron chi connectivity index (χ4n) is 6.45. The van der Waals surface area contributed by atoms with E-state index in [4.69, 9.17) is 0 Å². The first-order valence-corrected chi connectivity index (χ1v) is 13.6. The first-order chi connectivity index (χ1) is 17.2. The number of aliphatic hydroxyl groups excluding tert-OH is 1. The van der Waals surface area contributed by atoms with E-state index in [1.807, 2.05) is 11.8 Å². The van der Waals surface area contributed by atoms with Gasteiger partial charge in [0.05, 0.1) is 6.10 Å². The van der Waals surface area contributed by atoms with Gasteiger partial charge in [-0.25, -0.2) is 9.97 Å². The number of nitrogens with one attached hydrogen (secondary N) is 1. The van der Waals surface area contributed by atoms with Crippen LogP contribution in [0.25, 0.3) is 0 Å². The van der Waals surface area contributed by atoms with Gasteiger partial charge in [-0.05, 0) is 62.0 Å². The van der Waals surface area contributed by atoms with E-state index in [1.54, 1.807) is 0 Å². The van der Waals surface area contributed by atoms with Crippen LogP contribution in [0.2, 0.25) is 0 Å². The molecule has 3 saturated heterocycles. The molecule has 5 rings (SSSR count). The third kappa shape index (κ3) is 5.14. The minimum atomic E-state index is -0.133. The molecule has 3 fully saturated rings. The number of anilines is 1. The second-order valence-corrected chi connectivity index (χ2v) is 12.0. The SMILES string of the molecule is Cc1c(NCc2ccc(C(C)(C)C)cc2)ncnc1C(=O)N1CCC(N2C3CCC2CC(O)C3)CC1. The van der Waals surface area contributed by atoms with Gasteiger partial charge in [-0.15, -0.1) is 0 Å². The molecule has 36 heavy (non-hydrogen) atoms. The van der Waals surface area contributed by atoms with Crippen LogP contribution < -0.4 is 5.32 Å². The molecule has 0 radical (unpaired) electrons. The number of nitrogens with zero attached hydrogens (tertiary/aromatic N) is 4. The Morgan fingerprint density at radius 2 is 1.64 bits per heavy atom. The van der Waals surface area contributed by atoms with Crippen LogP contribution in [0.1, 0.15) is 86.5 Å². The van der Waals surface area contributed by atoms with Crippen LogP contribution in [0.5, 0.6) is 0 Å². The van der Waals surface area contributed by atoms with Crippen molar-refractivity contribution in [2.75, 3.05) is 18.4 Å². The predicted octanol–water partition coefficient (Wildman–Crippen LogP) is 4.29. The monoisotopic (exact) mass is 491 g/mol. The average Bonchev–Trinajstić information content (AvgIpc) is 3.13. The summed E-state index contributed by atoms with van der Waals surface area (Å²) in [7, 11) is 0. The number of rotatable bonds is 5. The molecule has 3 aliphatic rings. The van der Waals surface area contributed by atoms with E-state index in [0.29, 0.717) is 36.2 Å². The number of fused-ring (bicyclic) bond motifs is 2. The number of benzene rings is 1. The summed E-state index contributed by atoms with van der Waals surface area (Å²) >= 11 is 0. The van der Waals surface area contributed by atoms with Crippen LogP contribution in [-0.2, 0) is 12.0 Å². The molecule has 194 valence electrons. The van der Waals surface area contributed by atoms with Gasteiger partial charge < -0.3 is 15.3 Å². The lowest BCUT2D eigenvalue weighted by atomic mass is 9.87. The molecule has 2 atom stereocenters. The van der Waals surface area contributed by atoms with E-state index in [-0.39, 0.29) is 17.4 Å². The molecule has 1 amide bonds. The number of aromatic nitrogens is 2. The van der Waals surface area contributed by atoms with Crippen molar-refractivity contribution in [1.82, 2.24) is 19.8 Å². The number of likely N-dealkylation sites (tertiary alicyclic amines) is 1. The van der Waals surface area contributed by atoms with Crippen LogP contribution in [0.15, 0.2) is 30.6 Å². The number of piperidine rings is 2. The van der Waals surface area contributed by atoms with Gasteiger partial charge in [0, 0.05) is 43.3 Å². The fourth-order valence-corrected chi connectivity index (χ4v) is 6.45. The van der Waals surface area contributed by atoms with Crippen molar-refractivity contribution in [3.05, 3.63) is 53.0 Å². The highest BCUT2D eigenvalue weighted by atomic mass is 16.3. The van der Waals surface area contributed by atoms with Gasteiger partial charge in [0.1, 0.15) is 17.8 Å². The normalized spacial score (nSPS) is 25.2. The lowest BCUT2D eigenvalue weighted by Gasteiger charge is -2.45. The molecule has 2 unspecified atom stereocenters. The van der Waals surface area contributed by atoms with Crippen molar-refractivity contribution >= 4 is 11.7 Å². The summed E-state index contributed by atoms with van der Waals surface area (Å²) in [5, 5.41) is 13.5. The fraction of sp³-hybridized carbons (Fsp3) is 0.621. The van der Waals surface area contributed by atoms with Crippen LogP contribution >= 0.6 is 0 Å². The molecule has 7 nitrogen and oxygen atoms in total. The second kappa shape index (κ2) is 10.1. The molecule has 2 N–H and O–H groups in total. The molecule has 0 spiro atoms. The Balaban J connectivity index is 1.19. The lowest BCUT2D eigenvalue weighted by Crippen LogP contribution is -2.54. The van der Waals surface area contributed by atoms with E-state index in [1.165, 1.54) is 30.3 Å². The molecule has 0 aliphatic carbocycles. The number of carbonyl (C=O) groups excluding carboxylic acids is 1. The molecular weight excluding hydrogens is 450 g/mol. The molecule has 1 aromatic heterocycles. The number of hydrogen-bond donors (Lipinski definition) is 2. The zero-order valence-electron chi connectivity index (χ0n) is 22.2. The topological polar surface area (TPSA) is 81.6 Å². The lowest BCUT2D eigenvalue weighted by molar-refractivity contribution is -0.00629. The van der Waals surface area contributed by atoms with Crippen LogP contribution in [-0.4, -0.2) is 68.1 Å². The molecule has 4 heterocycles. The van der Waals surface area contributed by atoms with Crippen molar-refractivity contribution in [3.63, 3.8) is 0 Å². The minimum Gasteiger partial charge on any atom is -0.393 e. The summed E-state index contributed by atoms with van der Waals surface area (Å²) < 4.78 is 0. The summed E-state index contributed by atoms with van der Waals surface area (Å²) in [4.78, 5) is 26.8. The van der Waals surface area contributed by atoms with Gasteiger partial charge in [-0.2, -0.15) is 0 Å². The maximum atomic E-state index is 13.4. The molecule has 3 aliphatic heterocycles. The van der Waals surface area contributed by atoms with Crippen LogP contribution in [0.3, 0.4) is 0 Å². The Labute approximate surface area is 215 Å². The number of aliphatic hydroxyl groups is 1. The third-order valence-electron chi connectivity index (χ3n) is 8.50. The number of amides is 1. The van der Waals surface area contributed by atoms with E-state index >= 15 is 0 Å². The summed E-state index contributed by atoms with van der Waals surface area (Å²) in [5.74, 6) is 0.717. The highest BCUT2D eigenvalue weighted by molar-refractivity contribution is 5.94.